The van der Waals surface area contributed by atoms with Crippen LogP contribution in [0.15, 0.2) is 11.6 Å². The summed E-state index contributed by atoms with van der Waals surface area (Å²) in [5.74, 6) is -3.51. The second-order valence-electron chi connectivity index (χ2n) is 11.6. The first kappa shape index (κ1) is 24.2. The minimum absolute atomic E-state index is 0.0656. The second kappa shape index (κ2) is 7.49. The molecule has 4 N–H and O–H groups in total. The molecule has 2 heterocycles. The number of aliphatic hydroxyl groups is 4. The van der Waals surface area contributed by atoms with Gasteiger partial charge in [0, 0.05) is 16.7 Å². The highest BCUT2D eigenvalue weighted by atomic mass is 16.6. The van der Waals surface area contributed by atoms with Gasteiger partial charge in [-0.15, -0.1) is 0 Å². The molecule has 9 nitrogen and oxygen atoms in total. The van der Waals surface area contributed by atoms with Crippen LogP contribution < -0.4 is 0 Å². The van der Waals surface area contributed by atoms with Gasteiger partial charge in [0.1, 0.15) is 17.8 Å². The third-order valence-electron chi connectivity index (χ3n) is 10.1. The van der Waals surface area contributed by atoms with Crippen molar-refractivity contribution in [3.63, 3.8) is 0 Å². The number of allylic oxidation sites excluding steroid dienone is 1. The van der Waals surface area contributed by atoms with Gasteiger partial charge in [0.25, 0.3) is 0 Å². The molecule has 2 saturated heterocycles. The molecule has 13 atom stereocenters. The summed E-state index contributed by atoms with van der Waals surface area (Å²) in [5.41, 5.74) is -2.58. The average molecular weight is 481 g/mol. The first-order valence-corrected chi connectivity index (χ1v) is 12.3. The number of hydrogen-bond donors (Lipinski definition) is 4. The van der Waals surface area contributed by atoms with E-state index in [-0.39, 0.29) is 12.5 Å². The summed E-state index contributed by atoms with van der Waals surface area (Å²) in [6, 6.07) is 0. The van der Waals surface area contributed by atoms with Crippen LogP contribution in [0.3, 0.4) is 0 Å². The molecule has 2 bridgehead atoms. The van der Waals surface area contributed by atoms with Crippen molar-refractivity contribution < 1.29 is 44.2 Å². The number of fused-ring (bicyclic) bond motifs is 2. The van der Waals surface area contributed by atoms with Gasteiger partial charge in [0.05, 0.1) is 36.8 Å². The van der Waals surface area contributed by atoms with E-state index < -0.39 is 82.7 Å². The number of carbonyl (C=O) groups is 2. The molecule has 2 aliphatic heterocycles. The van der Waals surface area contributed by atoms with Crippen LogP contribution >= 0.6 is 0 Å². The standard InChI is InChI=1S/C25H36O9/c1-6-10(2)21(30)34-16-18-24(5)20(29)15(27)17-23(4)12(11(3)7-13(26)19(23)28)8-14(33-22(16)31)25(17,18)9-32-24/h7,10,12-20,26-29H,6,8-9H2,1-5H3/t10?,12?,13-,14?,15?,16?,17?,18?,19+,20+,23-,24-,25+/m0/s1. The minimum atomic E-state index is -1.40. The highest BCUT2D eigenvalue weighted by Gasteiger charge is 2.82. The lowest BCUT2D eigenvalue weighted by molar-refractivity contribution is -0.304. The molecule has 34 heavy (non-hydrogen) atoms. The molecule has 4 fully saturated rings. The Morgan fingerprint density at radius 3 is 2.53 bits per heavy atom. The molecule has 9 heteroatoms. The zero-order valence-corrected chi connectivity index (χ0v) is 20.3. The topological polar surface area (TPSA) is 143 Å². The molecule has 5 rings (SSSR count). The molecule has 0 radical (unpaired) electrons. The Morgan fingerprint density at radius 2 is 1.88 bits per heavy atom. The number of esters is 2. The lowest BCUT2D eigenvalue weighted by atomic mass is 9.38. The molecular formula is C25H36O9. The van der Waals surface area contributed by atoms with Crippen molar-refractivity contribution >= 4 is 11.9 Å². The smallest absolute Gasteiger partial charge is 0.348 e. The number of hydrogen-bond acceptors (Lipinski definition) is 9. The fourth-order valence-electron chi connectivity index (χ4n) is 8.25. The largest absolute Gasteiger partial charge is 0.459 e. The van der Waals surface area contributed by atoms with Crippen molar-refractivity contribution in [1.82, 2.24) is 0 Å². The summed E-state index contributed by atoms with van der Waals surface area (Å²) in [5, 5.41) is 44.8. The Bertz CT molecular complexity index is 933. The minimum Gasteiger partial charge on any atom is -0.459 e. The van der Waals surface area contributed by atoms with Crippen molar-refractivity contribution in [3.8, 4) is 0 Å². The van der Waals surface area contributed by atoms with Gasteiger partial charge in [-0.05, 0) is 32.6 Å². The Kier molecular flexibility index (Phi) is 5.33. The quantitative estimate of drug-likeness (QED) is 0.332. The van der Waals surface area contributed by atoms with E-state index >= 15 is 0 Å². The molecule has 2 saturated carbocycles. The van der Waals surface area contributed by atoms with E-state index in [4.69, 9.17) is 14.2 Å². The van der Waals surface area contributed by atoms with Crippen molar-refractivity contribution in [1.29, 1.82) is 0 Å². The van der Waals surface area contributed by atoms with E-state index in [1.165, 1.54) is 0 Å². The normalized spacial score (nSPS) is 54.3. The Hall–Kier alpha value is -1.52. The second-order valence-corrected chi connectivity index (χ2v) is 11.6. The van der Waals surface area contributed by atoms with Crippen LogP contribution in [0, 0.1) is 34.5 Å². The molecule has 0 aromatic heterocycles. The number of aliphatic hydroxyl groups excluding tert-OH is 4. The highest BCUT2D eigenvalue weighted by Crippen LogP contribution is 2.72. The molecule has 0 aromatic rings. The predicted octanol–water partition coefficient (Wildman–Crippen LogP) is 0.321. The number of rotatable bonds is 3. The maximum atomic E-state index is 13.3. The Balaban J connectivity index is 1.68. The van der Waals surface area contributed by atoms with Crippen molar-refractivity contribution in [3.05, 3.63) is 11.6 Å². The van der Waals surface area contributed by atoms with E-state index in [2.05, 4.69) is 0 Å². The van der Waals surface area contributed by atoms with E-state index in [1.54, 1.807) is 19.9 Å². The van der Waals surface area contributed by atoms with E-state index in [0.29, 0.717) is 12.8 Å². The van der Waals surface area contributed by atoms with Gasteiger partial charge in [-0.3, -0.25) is 4.79 Å². The van der Waals surface area contributed by atoms with Crippen LogP contribution in [0.2, 0.25) is 0 Å². The number of carbonyl (C=O) groups excluding carboxylic acids is 2. The Morgan fingerprint density at radius 1 is 1.21 bits per heavy atom. The summed E-state index contributed by atoms with van der Waals surface area (Å²) >= 11 is 0. The van der Waals surface area contributed by atoms with Gasteiger partial charge in [-0.25, -0.2) is 4.79 Å². The van der Waals surface area contributed by atoms with Crippen LogP contribution in [0.4, 0.5) is 0 Å². The zero-order valence-electron chi connectivity index (χ0n) is 20.3. The molecule has 0 amide bonds. The van der Waals surface area contributed by atoms with Crippen LogP contribution in [-0.4, -0.2) is 81.2 Å². The molecule has 3 aliphatic carbocycles. The SMILES string of the molecule is CCC(C)C(=O)OC1C(=O)OC2CC3C(C)=C[C@H](O)[C@@H](O)[C@]3(C)C3C(O)[C@@H](O)[C@@]4(C)OC[C@@]23C14. The van der Waals surface area contributed by atoms with Crippen molar-refractivity contribution in [2.24, 2.45) is 34.5 Å². The molecule has 0 aromatic carbocycles. The summed E-state index contributed by atoms with van der Waals surface area (Å²) in [4.78, 5) is 26.0. The lowest BCUT2D eigenvalue weighted by Gasteiger charge is -2.68. The van der Waals surface area contributed by atoms with Gasteiger partial charge in [0.2, 0.25) is 6.10 Å². The summed E-state index contributed by atoms with van der Waals surface area (Å²) < 4.78 is 17.9. The van der Waals surface area contributed by atoms with Gasteiger partial charge < -0.3 is 34.6 Å². The van der Waals surface area contributed by atoms with Gasteiger partial charge in [-0.2, -0.15) is 0 Å². The summed E-state index contributed by atoms with van der Waals surface area (Å²) in [7, 11) is 0. The van der Waals surface area contributed by atoms with Crippen LogP contribution in [0.1, 0.15) is 47.5 Å². The van der Waals surface area contributed by atoms with Gasteiger partial charge >= 0.3 is 11.9 Å². The fourth-order valence-corrected chi connectivity index (χ4v) is 8.25. The van der Waals surface area contributed by atoms with Crippen molar-refractivity contribution in [2.45, 2.75) is 89.7 Å². The van der Waals surface area contributed by atoms with Crippen LogP contribution in [-0.2, 0) is 23.8 Å². The third kappa shape index (κ3) is 2.68. The zero-order chi connectivity index (χ0) is 25.0. The predicted molar refractivity (Wildman–Crippen MR) is 117 cm³/mol. The van der Waals surface area contributed by atoms with Gasteiger partial charge in [-0.1, -0.05) is 32.4 Å². The number of ether oxygens (including phenoxy) is 3. The van der Waals surface area contributed by atoms with Crippen LogP contribution in [0.25, 0.3) is 0 Å². The first-order chi connectivity index (χ1) is 15.8. The van der Waals surface area contributed by atoms with Gasteiger partial charge in [0.15, 0.2) is 0 Å². The average Bonchev–Trinajstić information content (AvgIpc) is 3.06. The summed E-state index contributed by atoms with van der Waals surface area (Å²) in [6.07, 6.45) is -4.53. The van der Waals surface area contributed by atoms with E-state index in [0.717, 1.165) is 5.57 Å². The maximum absolute atomic E-state index is 13.3. The monoisotopic (exact) mass is 480 g/mol. The first-order valence-electron chi connectivity index (χ1n) is 12.3. The highest BCUT2D eigenvalue weighted by molar-refractivity contribution is 5.82. The maximum Gasteiger partial charge on any atom is 0.348 e. The summed E-state index contributed by atoms with van der Waals surface area (Å²) in [6.45, 7) is 8.95. The third-order valence-corrected chi connectivity index (χ3v) is 10.1. The molecule has 5 aliphatic rings. The molecule has 190 valence electrons. The molecule has 1 spiro atoms. The molecule has 7 unspecified atom stereocenters. The van der Waals surface area contributed by atoms with E-state index in [1.807, 2.05) is 20.8 Å². The van der Waals surface area contributed by atoms with E-state index in [9.17, 15) is 30.0 Å². The Labute approximate surface area is 199 Å². The fraction of sp³-hybridized carbons (Fsp3) is 0.840. The lowest BCUT2D eigenvalue weighted by Crippen LogP contribution is -2.79. The van der Waals surface area contributed by atoms with Crippen LogP contribution in [0.5, 0.6) is 0 Å². The van der Waals surface area contributed by atoms with Crippen molar-refractivity contribution in [2.75, 3.05) is 6.61 Å². The molecular weight excluding hydrogens is 444 g/mol.